The molecule has 1 amide bonds. The lowest BCUT2D eigenvalue weighted by Crippen LogP contribution is -2.31. The highest BCUT2D eigenvalue weighted by atomic mass is 79.9. The van der Waals surface area contributed by atoms with Crippen LogP contribution in [0.15, 0.2) is 63.2 Å². The van der Waals surface area contributed by atoms with Gasteiger partial charge < -0.3 is 4.90 Å². The second-order valence-electron chi connectivity index (χ2n) is 5.57. The Morgan fingerprint density at radius 1 is 1.16 bits per heavy atom. The Hall–Kier alpha value is -2.25. The van der Waals surface area contributed by atoms with Gasteiger partial charge in [-0.3, -0.25) is 9.59 Å². The van der Waals surface area contributed by atoms with Gasteiger partial charge in [-0.15, -0.1) is 11.3 Å². The van der Waals surface area contributed by atoms with Crippen molar-refractivity contribution < 1.29 is 4.79 Å². The number of amides is 1. The standard InChI is InChI=1S/C18H16BrN3O2S/c1-21(12-14-7-9-16(19)25-14)18(24)15-8-10-17(23)22(20-15)11-13-5-3-2-4-6-13/h2-10H,11-12H2,1H3. The molecule has 25 heavy (non-hydrogen) atoms. The average molecular weight is 418 g/mol. The van der Waals surface area contributed by atoms with Gasteiger partial charge in [0, 0.05) is 18.0 Å². The zero-order chi connectivity index (χ0) is 17.8. The number of carbonyl (C=O) groups is 1. The van der Waals surface area contributed by atoms with Gasteiger partial charge in [-0.25, -0.2) is 4.68 Å². The van der Waals surface area contributed by atoms with Crippen molar-refractivity contribution in [3.8, 4) is 0 Å². The van der Waals surface area contributed by atoms with E-state index < -0.39 is 0 Å². The van der Waals surface area contributed by atoms with E-state index in [0.29, 0.717) is 13.1 Å². The molecular weight excluding hydrogens is 402 g/mol. The lowest BCUT2D eigenvalue weighted by atomic mass is 10.2. The van der Waals surface area contributed by atoms with Gasteiger partial charge in [0.15, 0.2) is 0 Å². The molecule has 3 rings (SSSR count). The van der Waals surface area contributed by atoms with E-state index >= 15 is 0 Å². The fraction of sp³-hybridized carbons (Fsp3) is 0.167. The molecule has 0 atom stereocenters. The molecule has 0 fully saturated rings. The zero-order valence-electron chi connectivity index (χ0n) is 13.6. The van der Waals surface area contributed by atoms with E-state index in [1.54, 1.807) is 23.3 Å². The molecule has 0 spiro atoms. The molecule has 0 radical (unpaired) electrons. The second-order valence-corrected chi connectivity index (χ2v) is 8.11. The van der Waals surface area contributed by atoms with E-state index in [9.17, 15) is 9.59 Å². The predicted octanol–water partition coefficient (Wildman–Crippen LogP) is 3.39. The molecule has 0 aliphatic carbocycles. The van der Waals surface area contributed by atoms with Crippen LogP contribution in [-0.2, 0) is 13.1 Å². The third kappa shape index (κ3) is 4.43. The quantitative estimate of drug-likeness (QED) is 0.639. The summed E-state index contributed by atoms with van der Waals surface area (Å²) in [5.74, 6) is -0.216. The van der Waals surface area contributed by atoms with Crippen LogP contribution in [0.25, 0.3) is 0 Å². The first-order valence-electron chi connectivity index (χ1n) is 7.65. The summed E-state index contributed by atoms with van der Waals surface area (Å²) in [5.41, 5.74) is 0.984. The Morgan fingerprint density at radius 2 is 1.92 bits per heavy atom. The van der Waals surface area contributed by atoms with Crippen LogP contribution in [0.2, 0.25) is 0 Å². The Balaban J connectivity index is 1.78. The number of halogens is 1. The van der Waals surface area contributed by atoms with Crippen LogP contribution in [0.1, 0.15) is 20.9 Å². The van der Waals surface area contributed by atoms with E-state index in [0.717, 1.165) is 14.2 Å². The van der Waals surface area contributed by atoms with Crippen LogP contribution >= 0.6 is 27.3 Å². The highest BCUT2D eigenvalue weighted by Crippen LogP contribution is 2.23. The van der Waals surface area contributed by atoms with Gasteiger partial charge in [-0.1, -0.05) is 30.3 Å². The minimum atomic E-state index is -0.231. The van der Waals surface area contributed by atoms with Crippen LogP contribution in [0.3, 0.4) is 0 Å². The van der Waals surface area contributed by atoms with Crippen molar-refractivity contribution in [3.05, 3.63) is 84.9 Å². The lowest BCUT2D eigenvalue weighted by Gasteiger charge is -2.16. The van der Waals surface area contributed by atoms with Crippen LogP contribution < -0.4 is 5.56 Å². The van der Waals surface area contributed by atoms with Crippen molar-refractivity contribution >= 4 is 33.2 Å². The normalized spacial score (nSPS) is 10.6. The van der Waals surface area contributed by atoms with Crippen LogP contribution in [0, 0.1) is 0 Å². The van der Waals surface area contributed by atoms with Crippen molar-refractivity contribution in [2.75, 3.05) is 7.05 Å². The molecular formula is C18H16BrN3O2S. The summed E-state index contributed by atoms with van der Waals surface area (Å²) in [7, 11) is 1.73. The molecule has 0 aliphatic heterocycles. The maximum Gasteiger partial charge on any atom is 0.274 e. The van der Waals surface area contributed by atoms with Crippen molar-refractivity contribution in [2.45, 2.75) is 13.1 Å². The van der Waals surface area contributed by atoms with Gasteiger partial charge >= 0.3 is 0 Å². The van der Waals surface area contributed by atoms with Crippen molar-refractivity contribution in [1.82, 2.24) is 14.7 Å². The minimum Gasteiger partial charge on any atom is -0.335 e. The van der Waals surface area contributed by atoms with Gasteiger partial charge in [-0.05, 0) is 39.7 Å². The zero-order valence-corrected chi connectivity index (χ0v) is 16.0. The molecule has 3 aromatic rings. The number of carbonyl (C=O) groups excluding carboxylic acids is 1. The van der Waals surface area contributed by atoms with E-state index in [2.05, 4.69) is 21.0 Å². The number of thiophene rings is 1. The molecule has 0 saturated heterocycles. The van der Waals surface area contributed by atoms with Gasteiger partial charge in [0.25, 0.3) is 11.5 Å². The fourth-order valence-corrected chi connectivity index (χ4v) is 3.91. The minimum absolute atomic E-state index is 0.216. The maximum atomic E-state index is 12.6. The molecule has 0 unspecified atom stereocenters. The summed E-state index contributed by atoms with van der Waals surface area (Å²) >= 11 is 5.00. The summed E-state index contributed by atoms with van der Waals surface area (Å²) in [6.07, 6.45) is 0. The smallest absolute Gasteiger partial charge is 0.274 e. The second kappa shape index (κ2) is 7.76. The summed E-state index contributed by atoms with van der Waals surface area (Å²) in [5, 5.41) is 4.24. The van der Waals surface area contributed by atoms with Crippen LogP contribution in [-0.4, -0.2) is 27.6 Å². The van der Waals surface area contributed by atoms with E-state index in [1.807, 2.05) is 42.5 Å². The van der Waals surface area contributed by atoms with Crippen LogP contribution in [0.4, 0.5) is 0 Å². The van der Waals surface area contributed by atoms with Gasteiger partial charge in [-0.2, -0.15) is 5.10 Å². The molecule has 128 valence electrons. The molecule has 7 heteroatoms. The van der Waals surface area contributed by atoms with Crippen LogP contribution in [0.5, 0.6) is 0 Å². The summed E-state index contributed by atoms with van der Waals surface area (Å²) in [4.78, 5) is 27.3. The number of nitrogens with zero attached hydrogens (tertiary/aromatic N) is 3. The molecule has 5 nitrogen and oxygen atoms in total. The summed E-state index contributed by atoms with van der Waals surface area (Å²) in [6, 6.07) is 16.4. The van der Waals surface area contributed by atoms with Crippen molar-refractivity contribution in [2.24, 2.45) is 0 Å². The van der Waals surface area contributed by atoms with Gasteiger partial charge in [0.2, 0.25) is 0 Å². The first kappa shape index (κ1) is 17.6. The third-order valence-electron chi connectivity index (χ3n) is 3.63. The van der Waals surface area contributed by atoms with Crippen molar-refractivity contribution in [1.29, 1.82) is 0 Å². The maximum absolute atomic E-state index is 12.6. The largest absolute Gasteiger partial charge is 0.335 e. The Kier molecular flexibility index (Phi) is 5.45. The molecule has 0 bridgehead atoms. The molecule has 2 heterocycles. The van der Waals surface area contributed by atoms with E-state index in [1.165, 1.54) is 16.8 Å². The van der Waals surface area contributed by atoms with E-state index in [-0.39, 0.29) is 17.2 Å². The summed E-state index contributed by atoms with van der Waals surface area (Å²) in [6.45, 7) is 0.830. The van der Waals surface area contributed by atoms with Crippen molar-refractivity contribution in [3.63, 3.8) is 0 Å². The Bertz CT molecular complexity index is 937. The fourth-order valence-electron chi connectivity index (χ4n) is 2.37. The first-order chi connectivity index (χ1) is 12.0. The number of hydrogen-bond donors (Lipinski definition) is 0. The number of rotatable bonds is 5. The number of aromatic nitrogens is 2. The monoisotopic (exact) mass is 417 g/mol. The molecule has 0 N–H and O–H groups in total. The predicted molar refractivity (Wildman–Crippen MR) is 102 cm³/mol. The van der Waals surface area contributed by atoms with Gasteiger partial charge in [0.05, 0.1) is 16.9 Å². The average Bonchev–Trinajstić information content (AvgIpc) is 3.02. The lowest BCUT2D eigenvalue weighted by molar-refractivity contribution is 0.0778. The Labute approximate surface area is 157 Å². The molecule has 0 saturated carbocycles. The van der Waals surface area contributed by atoms with E-state index in [4.69, 9.17) is 0 Å². The Morgan fingerprint density at radius 3 is 2.60 bits per heavy atom. The molecule has 0 aliphatic rings. The topological polar surface area (TPSA) is 55.2 Å². The highest BCUT2D eigenvalue weighted by Gasteiger charge is 2.16. The van der Waals surface area contributed by atoms with Gasteiger partial charge in [0.1, 0.15) is 5.69 Å². The number of hydrogen-bond acceptors (Lipinski definition) is 4. The SMILES string of the molecule is CN(Cc1ccc(Br)s1)C(=O)c1ccc(=O)n(Cc2ccccc2)n1. The summed E-state index contributed by atoms with van der Waals surface area (Å²) < 4.78 is 2.34. The molecule has 1 aromatic carbocycles. The number of benzene rings is 1. The third-order valence-corrected chi connectivity index (χ3v) is 5.24. The first-order valence-corrected chi connectivity index (χ1v) is 9.25. The molecule has 2 aromatic heterocycles. The highest BCUT2D eigenvalue weighted by molar-refractivity contribution is 9.11.